The molecule has 150 valence electrons. The molecule has 29 heavy (non-hydrogen) atoms. The lowest BCUT2D eigenvalue weighted by Gasteiger charge is -2.22. The van der Waals surface area contributed by atoms with Crippen molar-refractivity contribution in [3.8, 4) is 17.6 Å². The number of hydrogen-bond acceptors (Lipinski definition) is 7. The van der Waals surface area contributed by atoms with Crippen molar-refractivity contribution in [2.45, 2.75) is 26.3 Å². The second kappa shape index (κ2) is 8.40. The summed E-state index contributed by atoms with van der Waals surface area (Å²) in [5.41, 5.74) is 1.05. The molecule has 4 rings (SSSR count). The standard InChI is InChI=1S/C21H23N5O3/c1-3-17-18(12-22-2)24-21(25-20(17)27)29-16-4-5-19-15(10-16)11-23-26(19)13-14-6-8-28-9-7-14/h3-5,10-12,14H,2,6-9,13H2,1H3,(H,24,25,27)/b17-3+,18-12+. The van der Waals surface area contributed by atoms with Crippen LogP contribution in [0.15, 0.2) is 29.4 Å². The molecule has 8 nitrogen and oxygen atoms in total. The maximum absolute atomic E-state index is 10.1. The van der Waals surface area contributed by atoms with Gasteiger partial charge in [0.25, 0.3) is 0 Å². The maximum Gasteiger partial charge on any atom is 0.325 e. The molecule has 3 heterocycles. The lowest BCUT2D eigenvalue weighted by molar-refractivity contribution is 0.0605. The minimum absolute atomic E-state index is 0.0388. The summed E-state index contributed by atoms with van der Waals surface area (Å²) in [6.07, 6.45) is 7.11. The zero-order valence-electron chi connectivity index (χ0n) is 16.3. The fraction of sp³-hybridized carbons (Fsp3) is 0.333. The third-order valence-corrected chi connectivity index (χ3v) is 5.03. The Hall–Kier alpha value is -3.26. The molecule has 1 fully saturated rings. The lowest BCUT2D eigenvalue weighted by atomic mass is 10.0. The highest BCUT2D eigenvalue weighted by atomic mass is 16.5. The zero-order valence-corrected chi connectivity index (χ0v) is 16.3. The van der Waals surface area contributed by atoms with Gasteiger partial charge in [-0.1, -0.05) is 6.08 Å². The molecular weight excluding hydrogens is 370 g/mol. The molecule has 2 aromatic heterocycles. The van der Waals surface area contributed by atoms with E-state index >= 15 is 0 Å². The van der Waals surface area contributed by atoms with Crippen molar-refractivity contribution in [3.05, 3.63) is 35.0 Å². The number of ether oxygens (including phenoxy) is 2. The average Bonchev–Trinajstić information content (AvgIpc) is 3.11. The zero-order chi connectivity index (χ0) is 20.2. The highest BCUT2D eigenvalue weighted by molar-refractivity contribution is 5.80. The van der Waals surface area contributed by atoms with E-state index in [1.807, 2.05) is 29.1 Å². The first-order chi connectivity index (χ1) is 14.2. The topological polar surface area (TPSA) is 94.7 Å². The van der Waals surface area contributed by atoms with Crippen LogP contribution in [0, 0.1) is 5.92 Å². The van der Waals surface area contributed by atoms with Crippen molar-refractivity contribution < 1.29 is 14.6 Å². The van der Waals surface area contributed by atoms with E-state index in [4.69, 9.17) is 9.47 Å². The summed E-state index contributed by atoms with van der Waals surface area (Å²) in [4.78, 5) is 12.1. The molecule has 0 amide bonds. The molecule has 8 heteroatoms. The first-order valence-electron chi connectivity index (χ1n) is 9.58. The predicted molar refractivity (Wildman–Crippen MR) is 110 cm³/mol. The molecule has 1 aliphatic heterocycles. The van der Waals surface area contributed by atoms with Crippen LogP contribution >= 0.6 is 0 Å². The Morgan fingerprint density at radius 1 is 1.34 bits per heavy atom. The highest BCUT2D eigenvalue weighted by Crippen LogP contribution is 2.25. The first-order valence-corrected chi connectivity index (χ1v) is 9.58. The molecule has 0 aliphatic carbocycles. The Labute approximate surface area is 167 Å². The molecule has 1 N–H and O–H groups in total. The Kier molecular flexibility index (Phi) is 5.53. The van der Waals surface area contributed by atoms with E-state index in [0.29, 0.717) is 22.2 Å². The fourth-order valence-electron chi connectivity index (χ4n) is 3.51. The van der Waals surface area contributed by atoms with Crippen molar-refractivity contribution in [2.24, 2.45) is 10.9 Å². The smallest absolute Gasteiger partial charge is 0.325 e. The minimum atomic E-state index is -0.169. The summed E-state index contributed by atoms with van der Waals surface area (Å²) in [5, 5.41) is 16.6. The molecule has 1 aromatic carbocycles. The Morgan fingerprint density at radius 3 is 2.93 bits per heavy atom. The molecular formula is C21H23N5O3. The lowest BCUT2D eigenvalue weighted by Crippen LogP contribution is -2.29. The first kappa shape index (κ1) is 19.1. The number of aliphatic imine (C=N–C) groups is 1. The minimum Gasteiger partial charge on any atom is -0.493 e. The van der Waals surface area contributed by atoms with Gasteiger partial charge in [-0.3, -0.25) is 9.67 Å². The summed E-state index contributed by atoms with van der Waals surface area (Å²) in [6.45, 7) is 7.75. The van der Waals surface area contributed by atoms with E-state index in [1.165, 1.54) is 6.20 Å². The van der Waals surface area contributed by atoms with Crippen LogP contribution in [0.5, 0.6) is 17.6 Å². The van der Waals surface area contributed by atoms with Crippen LogP contribution in [0.1, 0.15) is 19.8 Å². The van der Waals surface area contributed by atoms with Crippen molar-refractivity contribution in [3.63, 3.8) is 0 Å². The average molecular weight is 393 g/mol. The predicted octanol–water partition coefficient (Wildman–Crippen LogP) is 1.99. The van der Waals surface area contributed by atoms with Gasteiger partial charge in [0.1, 0.15) is 5.75 Å². The third-order valence-electron chi connectivity index (χ3n) is 5.03. The van der Waals surface area contributed by atoms with Crippen LogP contribution in [-0.2, 0) is 11.3 Å². The van der Waals surface area contributed by atoms with E-state index in [9.17, 15) is 5.11 Å². The van der Waals surface area contributed by atoms with Gasteiger partial charge in [-0.2, -0.15) is 15.1 Å². The molecule has 0 atom stereocenters. The number of hydrogen-bond donors (Lipinski definition) is 1. The van der Waals surface area contributed by atoms with Crippen LogP contribution in [0.4, 0.5) is 0 Å². The van der Waals surface area contributed by atoms with Gasteiger partial charge in [-0.15, -0.1) is 0 Å². The number of benzene rings is 1. The van der Waals surface area contributed by atoms with E-state index in [0.717, 1.165) is 43.5 Å². The Bertz CT molecular complexity index is 1150. The molecule has 0 spiro atoms. The summed E-state index contributed by atoms with van der Waals surface area (Å²) in [7, 11) is 0. The number of fused-ring (bicyclic) bond motifs is 1. The molecule has 0 saturated carbocycles. The van der Waals surface area contributed by atoms with Gasteiger partial charge in [0.15, 0.2) is 0 Å². The Balaban J connectivity index is 1.59. The van der Waals surface area contributed by atoms with E-state index < -0.39 is 0 Å². The summed E-state index contributed by atoms with van der Waals surface area (Å²) < 4.78 is 13.3. The molecule has 1 saturated heterocycles. The van der Waals surface area contributed by atoms with Crippen LogP contribution in [-0.4, -0.2) is 44.8 Å². The van der Waals surface area contributed by atoms with E-state index in [-0.39, 0.29) is 11.9 Å². The van der Waals surface area contributed by atoms with Crippen LogP contribution in [0.25, 0.3) is 23.2 Å². The van der Waals surface area contributed by atoms with E-state index in [1.54, 1.807) is 13.0 Å². The molecule has 0 radical (unpaired) electrons. The van der Waals surface area contributed by atoms with Crippen LogP contribution < -0.4 is 15.3 Å². The monoisotopic (exact) mass is 393 g/mol. The second-order valence-electron chi connectivity index (χ2n) is 6.93. The summed E-state index contributed by atoms with van der Waals surface area (Å²) >= 11 is 0. The molecule has 3 aromatic rings. The van der Waals surface area contributed by atoms with Gasteiger partial charge in [0, 0.05) is 25.1 Å². The van der Waals surface area contributed by atoms with Gasteiger partial charge >= 0.3 is 6.01 Å². The third kappa shape index (κ3) is 4.12. The van der Waals surface area contributed by atoms with Crippen LogP contribution in [0.2, 0.25) is 0 Å². The molecule has 0 unspecified atom stereocenters. The van der Waals surface area contributed by atoms with Gasteiger partial charge in [0.05, 0.1) is 28.5 Å². The van der Waals surface area contributed by atoms with Gasteiger partial charge in [0.2, 0.25) is 5.88 Å². The SMILES string of the molecule is C=N/C=c1/nc(Oc2ccc3c(cnn3CC3CCOCC3)c2)nc(O)/c1=C/C. The van der Waals surface area contributed by atoms with Gasteiger partial charge < -0.3 is 14.6 Å². The molecule has 1 aliphatic rings. The quantitative estimate of drug-likeness (QED) is 0.666. The highest BCUT2D eigenvalue weighted by Gasteiger charge is 2.16. The molecule has 0 bridgehead atoms. The number of aromatic nitrogens is 4. The summed E-state index contributed by atoms with van der Waals surface area (Å²) in [5.74, 6) is 0.979. The largest absolute Gasteiger partial charge is 0.493 e. The Morgan fingerprint density at radius 2 is 2.17 bits per heavy atom. The van der Waals surface area contributed by atoms with Crippen molar-refractivity contribution in [2.75, 3.05) is 13.2 Å². The number of rotatable bonds is 5. The second-order valence-corrected chi connectivity index (χ2v) is 6.93. The number of aromatic hydroxyl groups is 1. The van der Waals surface area contributed by atoms with E-state index in [2.05, 4.69) is 26.8 Å². The fourth-order valence-corrected chi connectivity index (χ4v) is 3.51. The summed E-state index contributed by atoms with van der Waals surface area (Å²) in [6, 6.07) is 5.75. The van der Waals surface area contributed by atoms with Crippen LogP contribution in [0.3, 0.4) is 0 Å². The van der Waals surface area contributed by atoms with Gasteiger partial charge in [-0.25, -0.2) is 0 Å². The maximum atomic E-state index is 10.1. The normalized spacial score (nSPS) is 16.4. The van der Waals surface area contributed by atoms with Crippen molar-refractivity contribution >= 4 is 29.9 Å². The van der Waals surface area contributed by atoms with Crippen molar-refractivity contribution in [1.29, 1.82) is 0 Å². The number of nitrogens with zero attached hydrogens (tertiary/aromatic N) is 5. The van der Waals surface area contributed by atoms with Gasteiger partial charge in [-0.05, 0) is 50.6 Å². The van der Waals surface area contributed by atoms with Crippen molar-refractivity contribution in [1.82, 2.24) is 19.7 Å².